The van der Waals surface area contributed by atoms with Crippen molar-refractivity contribution in [1.29, 1.82) is 5.26 Å². The number of fused-ring (bicyclic) bond motifs is 1. The number of nitrogens with one attached hydrogen (secondary N) is 2. The third-order valence-electron chi connectivity index (χ3n) is 5.86. The first-order chi connectivity index (χ1) is 16.4. The summed E-state index contributed by atoms with van der Waals surface area (Å²) in [7, 11) is 1.81. The minimum Gasteiger partial charge on any atom is -0.342 e. The molecule has 0 saturated carbocycles. The third-order valence-corrected chi connectivity index (χ3v) is 8.09. The molecule has 0 fully saturated rings. The Bertz CT molecular complexity index is 1270. The Labute approximate surface area is 206 Å². The first kappa shape index (κ1) is 24.0. The number of rotatable bonds is 7. The molecule has 0 radical (unpaired) electrons. The molecule has 34 heavy (non-hydrogen) atoms. The van der Waals surface area contributed by atoms with Gasteiger partial charge in [0.2, 0.25) is 5.91 Å². The molecule has 2 N–H and O–H groups in total. The van der Waals surface area contributed by atoms with E-state index >= 15 is 0 Å². The summed E-state index contributed by atoms with van der Waals surface area (Å²) in [6.45, 7) is 3.75. The quantitative estimate of drug-likeness (QED) is 0.477. The van der Waals surface area contributed by atoms with Gasteiger partial charge in [-0.15, -0.1) is 21.5 Å². The summed E-state index contributed by atoms with van der Waals surface area (Å²) in [6, 6.07) is 9.32. The molecule has 0 saturated heterocycles. The molecule has 2 aromatic heterocycles. The van der Waals surface area contributed by atoms with Crippen molar-refractivity contribution in [2.45, 2.75) is 50.7 Å². The summed E-state index contributed by atoms with van der Waals surface area (Å²) < 4.78 is 1.78. The van der Waals surface area contributed by atoms with E-state index in [4.69, 9.17) is 0 Å². The van der Waals surface area contributed by atoms with Gasteiger partial charge < -0.3 is 15.2 Å². The lowest BCUT2D eigenvalue weighted by Gasteiger charge is -2.14. The van der Waals surface area contributed by atoms with Crippen LogP contribution in [0.4, 0.5) is 5.00 Å². The van der Waals surface area contributed by atoms with Gasteiger partial charge in [0.05, 0.1) is 17.4 Å². The number of thioether (sulfide) groups is 1. The van der Waals surface area contributed by atoms with Crippen molar-refractivity contribution >= 4 is 39.9 Å². The Hall–Kier alpha value is -3.16. The van der Waals surface area contributed by atoms with Crippen LogP contribution in [-0.4, -0.2) is 32.3 Å². The summed E-state index contributed by atoms with van der Waals surface area (Å²) in [5.41, 5.74) is 3.23. The standard InChI is InChI=1S/C24H26N6O2S2/c1-14-8-4-5-9-16(14)22(32)26-15(2)21-28-29-24(30(21)3)33-13-20(31)27-23-18(12-25)17-10-6-7-11-19(17)34-23/h4-5,8-9,15H,6-7,10-11,13H2,1-3H3,(H,26,32)(H,27,31)/t15-/m0/s1. The SMILES string of the molecule is Cc1ccccc1C(=O)N[C@@H](C)c1nnc(SCC(=O)Nc2sc3c(c2C#N)CCCC3)n1C. The van der Waals surface area contributed by atoms with Crippen molar-refractivity contribution in [2.75, 3.05) is 11.1 Å². The largest absolute Gasteiger partial charge is 0.342 e. The predicted molar refractivity (Wildman–Crippen MR) is 133 cm³/mol. The number of aromatic nitrogens is 3. The summed E-state index contributed by atoms with van der Waals surface area (Å²) in [5.74, 6) is 0.380. The van der Waals surface area contributed by atoms with Crippen molar-refractivity contribution in [3.05, 3.63) is 57.2 Å². The van der Waals surface area contributed by atoms with Gasteiger partial charge in [0.25, 0.3) is 5.91 Å². The van der Waals surface area contributed by atoms with E-state index in [1.807, 2.05) is 39.1 Å². The molecule has 0 bridgehead atoms. The molecule has 8 nitrogen and oxygen atoms in total. The molecule has 1 aliphatic rings. The lowest BCUT2D eigenvalue weighted by Crippen LogP contribution is -2.29. The van der Waals surface area contributed by atoms with Crippen molar-refractivity contribution < 1.29 is 9.59 Å². The van der Waals surface area contributed by atoms with Gasteiger partial charge >= 0.3 is 0 Å². The van der Waals surface area contributed by atoms with Gasteiger partial charge in [-0.1, -0.05) is 30.0 Å². The fourth-order valence-electron chi connectivity index (χ4n) is 4.06. The molecule has 1 atom stereocenters. The van der Waals surface area contributed by atoms with Crippen molar-refractivity contribution in [1.82, 2.24) is 20.1 Å². The van der Waals surface area contributed by atoms with Crippen molar-refractivity contribution in [3.63, 3.8) is 0 Å². The molecular weight excluding hydrogens is 468 g/mol. The minimum atomic E-state index is -0.358. The summed E-state index contributed by atoms with van der Waals surface area (Å²) in [5, 5.41) is 25.1. The van der Waals surface area contributed by atoms with Crippen LogP contribution in [0.15, 0.2) is 29.4 Å². The highest BCUT2D eigenvalue weighted by atomic mass is 32.2. The summed E-state index contributed by atoms with van der Waals surface area (Å²) >= 11 is 2.78. The Kier molecular flexibility index (Phi) is 7.34. The second-order valence-electron chi connectivity index (χ2n) is 8.27. The maximum Gasteiger partial charge on any atom is 0.252 e. The van der Waals surface area contributed by atoms with Crippen LogP contribution in [0, 0.1) is 18.3 Å². The number of nitrogens with zero attached hydrogens (tertiary/aromatic N) is 4. The molecule has 3 aromatic rings. The van der Waals surface area contributed by atoms with E-state index in [9.17, 15) is 14.9 Å². The Morgan fingerprint density at radius 3 is 2.79 bits per heavy atom. The topological polar surface area (TPSA) is 113 Å². The number of carbonyl (C=O) groups excluding carboxylic acids is 2. The van der Waals surface area contributed by atoms with Crippen molar-refractivity contribution in [2.24, 2.45) is 7.05 Å². The Balaban J connectivity index is 1.37. The highest BCUT2D eigenvalue weighted by Gasteiger charge is 2.23. The van der Waals surface area contributed by atoms with Gasteiger partial charge in [-0.3, -0.25) is 9.59 Å². The van der Waals surface area contributed by atoms with Crippen LogP contribution in [0.2, 0.25) is 0 Å². The molecular formula is C24H26N6O2S2. The molecule has 1 aromatic carbocycles. The van der Waals surface area contributed by atoms with Crippen LogP contribution < -0.4 is 10.6 Å². The number of carbonyl (C=O) groups is 2. The van der Waals surface area contributed by atoms with Gasteiger partial charge in [-0.05, 0) is 56.7 Å². The van der Waals surface area contributed by atoms with Crippen LogP contribution in [0.25, 0.3) is 0 Å². The zero-order valence-electron chi connectivity index (χ0n) is 19.3. The maximum atomic E-state index is 12.6. The molecule has 1 aliphatic carbocycles. The number of benzene rings is 1. The van der Waals surface area contributed by atoms with Gasteiger partial charge in [0, 0.05) is 17.5 Å². The lowest BCUT2D eigenvalue weighted by atomic mass is 9.96. The number of hydrogen-bond donors (Lipinski definition) is 2. The van der Waals surface area contributed by atoms with E-state index in [0.717, 1.165) is 36.8 Å². The molecule has 2 heterocycles. The number of nitriles is 1. The van der Waals surface area contributed by atoms with Crippen LogP contribution in [0.3, 0.4) is 0 Å². The molecule has 4 rings (SSSR count). The number of hydrogen-bond acceptors (Lipinski definition) is 7. The smallest absolute Gasteiger partial charge is 0.252 e. The fraction of sp³-hybridized carbons (Fsp3) is 0.375. The Morgan fingerprint density at radius 2 is 2.03 bits per heavy atom. The predicted octanol–water partition coefficient (Wildman–Crippen LogP) is 4.16. The number of aryl methyl sites for hydroxylation is 2. The third kappa shape index (κ3) is 5.00. The van der Waals surface area contributed by atoms with Crippen LogP contribution >= 0.6 is 23.1 Å². The monoisotopic (exact) mass is 494 g/mol. The highest BCUT2D eigenvalue weighted by Crippen LogP contribution is 2.37. The van der Waals surface area contributed by atoms with Gasteiger partial charge in [0.15, 0.2) is 11.0 Å². The Morgan fingerprint density at radius 1 is 1.26 bits per heavy atom. The van der Waals surface area contributed by atoms with E-state index in [1.165, 1.54) is 28.0 Å². The molecule has 0 spiro atoms. The zero-order valence-corrected chi connectivity index (χ0v) is 21.0. The van der Waals surface area contributed by atoms with Gasteiger partial charge in [-0.25, -0.2) is 0 Å². The van der Waals surface area contributed by atoms with E-state index in [1.54, 1.807) is 10.6 Å². The molecule has 0 unspecified atom stereocenters. The molecule has 10 heteroatoms. The second kappa shape index (κ2) is 10.4. The lowest BCUT2D eigenvalue weighted by molar-refractivity contribution is -0.113. The fourth-order valence-corrected chi connectivity index (χ4v) is 6.03. The number of anilines is 1. The van der Waals surface area contributed by atoms with Gasteiger partial charge in [0.1, 0.15) is 11.1 Å². The van der Waals surface area contributed by atoms with E-state index < -0.39 is 0 Å². The van der Waals surface area contributed by atoms with Crippen LogP contribution in [0.1, 0.15) is 63.6 Å². The normalized spacial score (nSPS) is 13.6. The minimum absolute atomic E-state index is 0.142. The molecule has 0 aliphatic heterocycles. The summed E-state index contributed by atoms with van der Waals surface area (Å²) in [6.07, 6.45) is 4.08. The molecule has 2 amide bonds. The second-order valence-corrected chi connectivity index (χ2v) is 10.3. The molecule has 176 valence electrons. The first-order valence-corrected chi connectivity index (χ1v) is 12.9. The average Bonchev–Trinajstić information content (AvgIpc) is 3.37. The number of amides is 2. The summed E-state index contributed by atoms with van der Waals surface area (Å²) in [4.78, 5) is 26.4. The maximum absolute atomic E-state index is 12.6. The van der Waals surface area contributed by atoms with Crippen LogP contribution in [0.5, 0.6) is 0 Å². The van der Waals surface area contributed by atoms with E-state index in [-0.39, 0.29) is 23.6 Å². The highest BCUT2D eigenvalue weighted by molar-refractivity contribution is 7.99. The van der Waals surface area contributed by atoms with Crippen molar-refractivity contribution in [3.8, 4) is 6.07 Å². The zero-order chi connectivity index (χ0) is 24.2. The number of thiophene rings is 1. The van der Waals surface area contributed by atoms with E-state index in [0.29, 0.717) is 27.1 Å². The first-order valence-electron chi connectivity index (χ1n) is 11.1. The van der Waals surface area contributed by atoms with E-state index in [2.05, 4.69) is 26.9 Å². The van der Waals surface area contributed by atoms with Gasteiger partial charge in [-0.2, -0.15) is 5.26 Å². The average molecular weight is 495 g/mol. The van der Waals surface area contributed by atoms with Crippen LogP contribution in [-0.2, 0) is 24.7 Å².